The van der Waals surface area contributed by atoms with E-state index in [9.17, 15) is 4.79 Å². The van der Waals surface area contributed by atoms with Crippen LogP contribution in [0.4, 0.5) is 0 Å². The minimum absolute atomic E-state index is 0.000828. The number of carbonyl (C=O) groups is 1. The Labute approximate surface area is 152 Å². The van der Waals surface area contributed by atoms with Crippen LogP contribution in [0, 0.1) is 0 Å². The quantitative estimate of drug-likeness (QED) is 0.650. The summed E-state index contributed by atoms with van der Waals surface area (Å²) >= 11 is 3.60. The molecular weight excluding hydrogens is 366 g/mol. The molecule has 0 bridgehead atoms. The van der Waals surface area contributed by atoms with Gasteiger partial charge in [-0.1, -0.05) is 53.2 Å². The van der Waals surface area contributed by atoms with Gasteiger partial charge in [-0.25, -0.2) is 0 Å². The van der Waals surface area contributed by atoms with Gasteiger partial charge in [0.1, 0.15) is 0 Å². The van der Waals surface area contributed by atoms with Crippen LogP contribution in [-0.4, -0.2) is 24.5 Å². The van der Waals surface area contributed by atoms with Gasteiger partial charge in [-0.15, -0.1) is 0 Å². The highest BCUT2D eigenvalue weighted by atomic mass is 79.9. The van der Waals surface area contributed by atoms with Crippen molar-refractivity contribution in [1.82, 2.24) is 4.90 Å². The van der Waals surface area contributed by atoms with Gasteiger partial charge in [-0.05, 0) is 42.7 Å². The largest absolute Gasteiger partial charge is 0.380 e. The van der Waals surface area contributed by atoms with E-state index in [2.05, 4.69) is 35.8 Å². The molecule has 1 atom stereocenters. The predicted octanol–water partition coefficient (Wildman–Crippen LogP) is 5.21. The van der Waals surface area contributed by atoms with Gasteiger partial charge in [0.2, 0.25) is 0 Å². The molecule has 0 aliphatic carbocycles. The zero-order valence-corrected chi connectivity index (χ0v) is 16.0. The number of nitrogens with zero attached hydrogens (tertiary/aromatic N) is 1. The maximum absolute atomic E-state index is 13.1. The molecule has 4 heteroatoms. The lowest BCUT2D eigenvalue weighted by molar-refractivity contribution is 0.0690. The lowest BCUT2D eigenvalue weighted by Gasteiger charge is -2.30. The first-order valence-electron chi connectivity index (χ1n) is 8.21. The molecule has 0 heterocycles. The fraction of sp³-hybridized carbons (Fsp3) is 0.350. The molecule has 0 fully saturated rings. The number of amides is 1. The maximum Gasteiger partial charge on any atom is 0.254 e. The van der Waals surface area contributed by atoms with Gasteiger partial charge < -0.3 is 9.64 Å². The molecule has 0 N–H and O–H groups in total. The smallest absolute Gasteiger partial charge is 0.254 e. The Balaban J connectivity index is 2.31. The lowest BCUT2D eigenvalue weighted by atomic mass is 10.0. The van der Waals surface area contributed by atoms with E-state index in [0.717, 1.165) is 28.6 Å². The average molecular weight is 390 g/mol. The van der Waals surface area contributed by atoms with E-state index in [1.165, 1.54) is 0 Å². The molecule has 0 aliphatic rings. The second-order valence-electron chi connectivity index (χ2n) is 5.83. The van der Waals surface area contributed by atoms with Gasteiger partial charge in [-0.3, -0.25) is 4.79 Å². The van der Waals surface area contributed by atoms with E-state index < -0.39 is 0 Å². The standard InChI is InChI=1S/C20H24BrNO2/c1-4-12-22(15(2)18-10-5-6-11-19(18)21)20(23)17-9-7-8-16(13-17)14-24-3/h5-11,13,15H,4,12,14H2,1-3H3. The third kappa shape index (κ3) is 4.46. The summed E-state index contributed by atoms with van der Waals surface area (Å²) in [5.74, 6) is 0.0538. The van der Waals surface area contributed by atoms with Crippen LogP contribution in [0.25, 0.3) is 0 Å². The molecule has 1 amide bonds. The van der Waals surface area contributed by atoms with Crippen LogP contribution in [0.1, 0.15) is 47.8 Å². The van der Waals surface area contributed by atoms with E-state index in [-0.39, 0.29) is 11.9 Å². The van der Waals surface area contributed by atoms with Gasteiger partial charge in [-0.2, -0.15) is 0 Å². The number of carbonyl (C=O) groups excluding carboxylic acids is 1. The highest BCUT2D eigenvalue weighted by Crippen LogP contribution is 2.29. The fourth-order valence-electron chi connectivity index (χ4n) is 2.82. The Morgan fingerprint density at radius 1 is 1.21 bits per heavy atom. The van der Waals surface area contributed by atoms with Crippen LogP contribution in [0.5, 0.6) is 0 Å². The molecule has 3 nitrogen and oxygen atoms in total. The Morgan fingerprint density at radius 2 is 1.96 bits per heavy atom. The molecule has 24 heavy (non-hydrogen) atoms. The molecule has 0 aliphatic heterocycles. The summed E-state index contributed by atoms with van der Waals surface area (Å²) < 4.78 is 6.20. The van der Waals surface area contributed by atoms with Crippen molar-refractivity contribution in [1.29, 1.82) is 0 Å². The van der Waals surface area contributed by atoms with Crippen LogP contribution in [0.2, 0.25) is 0 Å². The third-order valence-electron chi connectivity index (χ3n) is 4.03. The molecule has 2 aromatic carbocycles. The van der Waals surface area contributed by atoms with Crippen molar-refractivity contribution in [2.45, 2.75) is 32.9 Å². The second kappa shape index (κ2) is 9.00. The number of rotatable bonds is 7. The molecule has 2 rings (SSSR count). The summed E-state index contributed by atoms with van der Waals surface area (Å²) in [5, 5.41) is 0. The van der Waals surface area contributed by atoms with Crippen molar-refractivity contribution >= 4 is 21.8 Å². The molecule has 0 spiro atoms. The third-order valence-corrected chi connectivity index (χ3v) is 4.76. The summed E-state index contributed by atoms with van der Waals surface area (Å²) in [4.78, 5) is 15.0. The summed E-state index contributed by atoms with van der Waals surface area (Å²) in [6.07, 6.45) is 0.915. The zero-order chi connectivity index (χ0) is 17.5. The number of methoxy groups -OCH3 is 1. The van der Waals surface area contributed by atoms with E-state index in [0.29, 0.717) is 12.2 Å². The van der Waals surface area contributed by atoms with Gasteiger partial charge in [0.05, 0.1) is 12.6 Å². The first kappa shape index (κ1) is 18.7. The van der Waals surface area contributed by atoms with Crippen molar-refractivity contribution in [3.05, 3.63) is 69.7 Å². The molecule has 0 radical (unpaired) electrons. The first-order valence-corrected chi connectivity index (χ1v) is 9.01. The number of benzene rings is 2. The summed E-state index contributed by atoms with van der Waals surface area (Å²) in [5.41, 5.74) is 2.83. The fourth-order valence-corrected chi connectivity index (χ4v) is 3.44. The molecular formula is C20H24BrNO2. The van der Waals surface area contributed by atoms with Crippen molar-refractivity contribution in [3.8, 4) is 0 Å². The van der Waals surface area contributed by atoms with Gasteiger partial charge >= 0.3 is 0 Å². The van der Waals surface area contributed by atoms with Crippen molar-refractivity contribution < 1.29 is 9.53 Å². The molecule has 0 aromatic heterocycles. The van der Waals surface area contributed by atoms with E-state index in [1.54, 1.807) is 7.11 Å². The van der Waals surface area contributed by atoms with Crippen LogP contribution in [0.15, 0.2) is 53.0 Å². The summed E-state index contributed by atoms with van der Waals surface area (Å²) in [6.45, 7) is 5.39. The van der Waals surface area contributed by atoms with E-state index >= 15 is 0 Å². The number of hydrogen-bond donors (Lipinski definition) is 0. The van der Waals surface area contributed by atoms with Gasteiger partial charge in [0.25, 0.3) is 5.91 Å². The highest BCUT2D eigenvalue weighted by molar-refractivity contribution is 9.10. The van der Waals surface area contributed by atoms with Gasteiger partial charge in [0, 0.05) is 23.7 Å². The Bertz CT molecular complexity index is 687. The number of halogens is 1. The zero-order valence-electron chi connectivity index (χ0n) is 14.5. The monoisotopic (exact) mass is 389 g/mol. The Kier molecular flexibility index (Phi) is 7.00. The summed E-state index contributed by atoms with van der Waals surface area (Å²) in [7, 11) is 1.66. The van der Waals surface area contributed by atoms with Crippen LogP contribution in [0.3, 0.4) is 0 Å². The molecule has 0 saturated heterocycles. The first-order chi connectivity index (χ1) is 11.6. The van der Waals surface area contributed by atoms with Crippen molar-refractivity contribution in [2.75, 3.05) is 13.7 Å². The molecule has 128 valence electrons. The minimum atomic E-state index is -0.000828. The van der Waals surface area contributed by atoms with Crippen LogP contribution >= 0.6 is 15.9 Å². The molecule has 1 unspecified atom stereocenters. The number of ether oxygens (including phenoxy) is 1. The van der Waals surface area contributed by atoms with Crippen molar-refractivity contribution in [3.63, 3.8) is 0 Å². The summed E-state index contributed by atoms with van der Waals surface area (Å²) in [6, 6.07) is 15.7. The lowest BCUT2D eigenvalue weighted by Crippen LogP contribution is -2.34. The van der Waals surface area contributed by atoms with Crippen LogP contribution < -0.4 is 0 Å². The topological polar surface area (TPSA) is 29.5 Å². The minimum Gasteiger partial charge on any atom is -0.380 e. The Morgan fingerprint density at radius 3 is 2.62 bits per heavy atom. The highest BCUT2D eigenvalue weighted by Gasteiger charge is 2.23. The van der Waals surface area contributed by atoms with E-state index in [4.69, 9.17) is 4.74 Å². The SMILES string of the molecule is CCCN(C(=O)c1cccc(COC)c1)C(C)c1ccccc1Br. The maximum atomic E-state index is 13.1. The normalized spacial score (nSPS) is 12.0. The number of hydrogen-bond acceptors (Lipinski definition) is 2. The van der Waals surface area contributed by atoms with Crippen molar-refractivity contribution in [2.24, 2.45) is 0 Å². The van der Waals surface area contributed by atoms with E-state index in [1.807, 2.05) is 47.4 Å². The predicted molar refractivity (Wildman–Crippen MR) is 101 cm³/mol. The molecule has 2 aromatic rings. The Hall–Kier alpha value is -1.65. The average Bonchev–Trinajstić information content (AvgIpc) is 2.59. The molecule has 0 saturated carbocycles. The second-order valence-corrected chi connectivity index (χ2v) is 6.68. The van der Waals surface area contributed by atoms with Crippen LogP contribution in [-0.2, 0) is 11.3 Å². The van der Waals surface area contributed by atoms with Gasteiger partial charge in [0.15, 0.2) is 0 Å².